The number of anilines is 2. The fraction of sp³-hybridized carbons (Fsp3) is 0.426. The monoisotopic (exact) mass is 869 g/mol. The van der Waals surface area contributed by atoms with Gasteiger partial charge in [-0.25, -0.2) is 14.6 Å². The number of para-hydroxylation sites is 1. The number of hydrogen-bond donors (Lipinski definition) is 3. The molecule has 5 aromatic rings. The van der Waals surface area contributed by atoms with Crippen molar-refractivity contribution in [2.45, 2.75) is 57.2 Å². The molecule has 0 spiro atoms. The molecule has 334 valence electrons. The number of carbonyl (C=O) groups excluding carboxylic acids is 4. The van der Waals surface area contributed by atoms with E-state index < -0.39 is 11.9 Å². The molecule has 17 heteroatoms. The predicted octanol–water partition coefficient (Wildman–Crippen LogP) is 4.32. The van der Waals surface area contributed by atoms with Crippen LogP contribution in [0.2, 0.25) is 0 Å². The van der Waals surface area contributed by atoms with Crippen LogP contribution in [0.25, 0.3) is 22.3 Å². The zero-order valence-electron chi connectivity index (χ0n) is 36.0. The molecule has 6 heterocycles. The lowest BCUT2D eigenvalue weighted by atomic mass is 10.0. The number of benzene rings is 3. The summed E-state index contributed by atoms with van der Waals surface area (Å²) in [5.74, 6) is 1.13. The molecule has 0 radical (unpaired) electrons. The highest BCUT2D eigenvalue weighted by Crippen LogP contribution is 2.36. The van der Waals surface area contributed by atoms with Crippen molar-refractivity contribution in [2.24, 2.45) is 0 Å². The number of piperidine rings is 2. The number of aromatic nitrogens is 4. The van der Waals surface area contributed by atoms with Crippen molar-refractivity contribution in [1.29, 1.82) is 0 Å². The van der Waals surface area contributed by atoms with Gasteiger partial charge in [-0.3, -0.25) is 29.4 Å². The maximum atomic E-state index is 13.6. The Morgan fingerprint density at radius 2 is 1.64 bits per heavy atom. The van der Waals surface area contributed by atoms with Gasteiger partial charge in [0.2, 0.25) is 17.7 Å². The first-order valence-electron chi connectivity index (χ1n) is 22.4. The third-order valence-electron chi connectivity index (χ3n) is 12.7. The number of likely N-dealkylation sites (tertiary alicyclic amines) is 1. The minimum absolute atomic E-state index is 0.0336. The largest absolute Gasteiger partial charge is 0.457 e. The molecule has 64 heavy (non-hydrogen) atoms. The highest BCUT2D eigenvalue weighted by atomic mass is 16.5. The minimum atomic E-state index is -0.638. The summed E-state index contributed by atoms with van der Waals surface area (Å²) in [5.41, 5.74) is 11.0. The van der Waals surface area contributed by atoms with E-state index in [9.17, 15) is 19.2 Å². The zero-order valence-corrected chi connectivity index (χ0v) is 36.0. The van der Waals surface area contributed by atoms with Gasteiger partial charge < -0.3 is 35.2 Å². The Bertz CT molecular complexity index is 2470. The van der Waals surface area contributed by atoms with E-state index >= 15 is 0 Å². The van der Waals surface area contributed by atoms with Crippen molar-refractivity contribution in [3.05, 3.63) is 90.3 Å². The highest BCUT2D eigenvalue weighted by molar-refractivity contribution is 6.06. The molecule has 4 N–H and O–H groups in total. The summed E-state index contributed by atoms with van der Waals surface area (Å²) in [6.07, 6.45) is 5.12. The lowest BCUT2D eigenvalue weighted by molar-refractivity contribution is -0.137. The first kappa shape index (κ1) is 42.9. The maximum Gasteiger partial charge on any atom is 0.255 e. The van der Waals surface area contributed by atoms with Gasteiger partial charge in [0.15, 0.2) is 5.65 Å². The first-order valence-corrected chi connectivity index (χ1v) is 22.4. The van der Waals surface area contributed by atoms with Crippen LogP contribution in [-0.2, 0) is 25.7 Å². The Balaban J connectivity index is 0.685. The van der Waals surface area contributed by atoms with Crippen molar-refractivity contribution < 1.29 is 28.7 Å². The van der Waals surface area contributed by atoms with E-state index in [-0.39, 0.29) is 30.2 Å². The van der Waals surface area contributed by atoms with Crippen LogP contribution in [0.4, 0.5) is 11.5 Å². The van der Waals surface area contributed by atoms with Crippen molar-refractivity contribution in [3.63, 3.8) is 0 Å². The number of piperazine rings is 1. The topological polar surface area (TPSA) is 193 Å². The standard InChI is InChI=1S/C47H55N11O6/c48-44-42-43(32-13-15-35(16-14-32)64-34-8-2-1-3-9-34)53-58(45(42)51-31-50-44)33-7-5-21-56(29-33)41(60)12-6-20-54-22-24-55(25-23-54)26-28-63-27-19-49-38-11-4-10-36-37(38)30-57(47(36)62)39-17-18-40(59)52-46(39)61/h1-4,8-11,13-16,31,33,39,49H,5-7,12,17-30H2,(H2,48,50,51)(H,52,59,61). The number of nitrogens with two attached hydrogens (primary N) is 1. The number of rotatable bonds is 16. The van der Waals surface area contributed by atoms with E-state index in [0.29, 0.717) is 79.5 Å². The van der Waals surface area contributed by atoms with Crippen LogP contribution in [-0.4, -0.2) is 141 Å². The summed E-state index contributed by atoms with van der Waals surface area (Å²) >= 11 is 0. The van der Waals surface area contributed by atoms with E-state index in [1.165, 1.54) is 6.33 Å². The fourth-order valence-corrected chi connectivity index (χ4v) is 9.29. The van der Waals surface area contributed by atoms with E-state index in [0.717, 1.165) is 87.6 Å². The summed E-state index contributed by atoms with van der Waals surface area (Å²) < 4.78 is 13.9. The summed E-state index contributed by atoms with van der Waals surface area (Å²) in [5, 5.41) is 11.5. The molecule has 4 aliphatic heterocycles. The average molecular weight is 870 g/mol. The molecular weight excluding hydrogens is 815 g/mol. The molecule has 4 aliphatic rings. The second kappa shape index (κ2) is 19.5. The minimum Gasteiger partial charge on any atom is -0.457 e. The van der Waals surface area contributed by atoms with Crippen molar-refractivity contribution in [1.82, 2.24) is 44.7 Å². The number of hydrogen-bond acceptors (Lipinski definition) is 13. The summed E-state index contributed by atoms with van der Waals surface area (Å²) in [4.78, 5) is 68.1. The summed E-state index contributed by atoms with van der Waals surface area (Å²) in [6, 6.07) is 22.3. The molecule has 0 bridgehead atoms. The molecule has 2 unspecified atom stereocenters. The molecule has 0 saturated carbocycles. The van der Waals surface area contributed by atoms with Crippen LogP contribution < -0.4 is 21.1 Å². The number of nitrogens with zero attached hydrogens (tertiary/aromatic N) is 8. The van der Waals surface area contributed by atoms with Gasteiger partial charge in [-0.2, -0.15) is 5.10 Å². The van der Waals surface area contributed by atoms with Crippen LogP contribution in [0.3, 0.4) is 0 Å². The molecule has 2 atom stereocenters. The second-order valence-corrected chi connectivity index (χ2v) is 16.9. The number of imide groups is 1. The SMILES string of the molecule is Nc1ncnc2c1c(-c1ccc(Oc3ccccc3)cc1)nn2C1CCCN(C(=O)CCCN2CCN(CCOCCNc3cccc4c3CN(C3CCC(=O)NC3=O)C4=O)CC2)C1. The van der Waals surface area contributed by atoms with Crippen LogP contribution in [0.1, 0.15) is 60.5 Å². The van der Waals surface area contributed by atoms with Crippen molar-refractivity contribution in [2.75, 3.05) is 83.2 Å². The van der Waals surface area contributed by atoms with Gasteiger partial charge in [-0.1, -0.05) is 24.3 Å². The quantitative estimate of drug-likeness (QED) is 0.0939. The lowest BCUT2D eigenvalue weighted by Gasteiger charge is -2.35. The van der Waals surface area contributed by atoms with Gasteiger partial charge in [-0.15, -0.1) is 0 Å². The van der Waals surface area contributed by atoms with Crippen LogP contribution >= 0.6 is 0 Å². The average Bonchev–Trinajstić information content (AvgIpc) is 3.88. The van der Waals surface area contributed by atoms with E-state index in [4.69, 9.17) is 20.3 Å². The van der Waals surface area contributed by atoms with Gasteiger partial charge in [0, 0.05) is 94.1 Å². The molecule has 3 fully saturated rings. The third-order valence-corrected chi connectivity index (χ3v) is 12.7. The molecule has 2 aromatic heterocycles. The van der Waals surface area contributed by atoms with E-state index in [1.54, 1.807) is 11.0 Å². The number of ether oxygens (including phenoxy) is 2. The van der Waals surface area contributed by atoms with Gasteiger partial charge in [-0.05, 0) is 80.8 Å². The molecule has 3 saturated heterocycles. The molecule has 4 amide bonds. The number of amides is 4. The van der Waals surface area contributed by atoms with E-state index in [1.807, 2.05) is 76.3 Å². The van der Waals surface area contributed by atoms with E-state index in [2.05, 4.69) is 30.4 Å². The van der Waals surface area contributed by atoms with Crippen molar-refractivity contribution in [3.8, 4) is 22.8 Å². The highest BCUT2D eigenvalue weighted by Gasteiger charge is 2.40. The Kier molecular flexibility index (Phi) is 13.1. The Hall–Kier alpha value is -6.43. The summed E-state index contributed by atoms with van der Waals surface area (Å²) in [6.45, 7) is 8.91. The smallest absolute Gasteiger partial charge is 0.255 e. The van der Waals surface area contributed by atoms with Gasteiger partial charge in [0.25, 0.3) is 5.91 Å². The van der Waals surface area contributed by atoms with Crippen LogP contribution in [0.15, 0.2) is 79.1 Å². The van der Waals surface area contributed by atoms with Crippen LogP contribution in [0.5, 0.6) is 11.5 Å². The molecule has 17 nitrogen and oxygen atoms in total. The Morgan fingerprint density at radius 3 is 2.44 bits per heavy atom. The molecule has 9 rings (SSSR count). The number of carbonyl (C=O) groups is 4. The zero-order chi connectivity index (χ0) is 44.0. The predicted molar refractivity (Wildman–Crippen MR) is 240 cm³/mol. The fourth-order valence-electron chi connectivity index (χ4n) is 9.29. The Labute approximate surface area is 371 Å². The number of nitrogens with one attached hydrogen (secondary N) is 2. The van der Waals surface area contributed by atoms with Crippen LogP contribution in [0, 0.1) is 0 Å². The van der Waals surface area contributed by atoms with Gasteiger partial charge >= 0.3 is 0 Å². The number of nitrogen functional groups attached to an aromatic ring is 1. The normalized spacial score (nSPS) is 19.5. The van der Waals surface area contributed by atoms with Gasteiger partial charge in [0.1, 0.15) is 35.4 Å². The molecular formula is C47H55N11O6. The maximum absolute atomic E-state index is 13.6. The number of fused-ring (bicyclic) bond motifs is 2. The molecule has 0 aliphatic carbocycles. The van der Waals surface area contributed by atoms with Crippen molar-refractivity contribution >= 4 is 46.2 Å². The Morgan fingerprint density at radius 1 is 0.859 bits per heavy atom. The third kappa shape index (κ3) is 9.56. The van der Waals surface area contributed by atoms with Gasteiger partial charge in [0.05, 0.1) is 24.6 Å². The second-order valence-electron chi connectivity index (χ2n) is 16.9. The summed E-state index contributed by atoms with van der Waals surface area (Å²) in [7, 11) is 0. The lowest BCUT2D eigenvalue weighted by Crippen LogP contribution is -2.52. The first-order chi connectivity index (χ1) is 31.3. The molecule has 3 aromatic carbocycles.